The maximum atomic E-state index is 9.33. The van der Waals surface area contributed by atoms with E-state index >= 15 is 0 Å². The van der Waals surface area contributed by atoms with E-state index in [1.165, 1.54) is 0 Å². The molecule has 7 aromatic carbocycles. The predicted molar refractivity (Wildman–Crippen MR) is 176 cm³/mol. The van der Waals surface area contributed by atoms with Gasteiger partial charge in [-0.05, 0) is 44.4 Å². The summed E-state index contributed by atoms with van der Waals surface area (Å²) in [6, 6.07) is -18.6. The molecule has 4 heteroatoms. The monoisotopic (exact) mass is 572 g/mol. The van der Waals surface area contributed by atoms with E-state index in [1.807, 2.05) is 0 Å². The van der Waals surface area contributed by atoms with Crippen molar-refractivity contribution >= 4 is 54.3 Å². The summed E-state index contributed by atoms with van der Waals surface area (Å²) in [5, 5.41) is -3.81. The molecule has 0 saturated carbocycles. The van der Waals surface area contributed by atoms with Gasteiger partial charge in [0.15, 0.2) is 17.5 Å². The largest absolute Gasteiger partial charge is 0.456 e. The lowest BCUT2D eigenvalue weighted by Gasteiger charge is -2.13. The number of hydrogen-bond acceptors (Lipinski definition) is 4. The molecule has 0 fully saturated rings. The van der Waals surface area contributed by atoms with Crippen LogP contribution in [-0.4, -0.2) is 15.0 Å². The first kappa shape index (κ1) is 10.4. The molecule has 9 aromatic rings. The van der Waals surface area contributed by atoms with Crippen molar-refractivity contribution in [3.63, 3.8) is 0 Å². The van der Waals surface area contributed by atoms with Crippen LogP contribution in [0.15, 0.2) is 143 Å². The average Bonchev–Trinajstić information content (AvgIpc) is 3.69. The molecular formula is C39H23N3O. The van der Waals surface area contributed by atoms with Gasteiger partial charge in [0.1, 0.15) is 11.2 Å². The highest BCUT2D eigenvalue weighted by Gasteiger charge is 2.19. The highest BCUT2D eigenvalue weighted by molar-refractivity contribution is 6.22. The van der Waals surface area contributed by atoms with Crippen LogP contribution in [0.1, 0.15) is 31.5 Å². The molecule has 2 heterocycles. The van der Waals surface area contributed by atoms with Gasteiger partial charge in [-0.25, -0.2) is 15.0 Å². The molecular weight excluding hydrogens is 526 g/mol. The zero-order valence-corrected chi connectivity index (χ0v) is 21.2. The first-order valence-corrected chi connectivity index (χ1v) is 12.5. The van der Waals surface area contributed by atoms with Crippen molar-refractivity contribution in [2.45, 2.75) is 0 Å². The van der Waals surface area contributed by atoms with E-state index in [0.29, 0.717) is 0 Å². The molecule has 2 aromatic heterocycles. The van der Waals surface area contributed by atoms with Gasteiger partial charge in [-0.3, -0.25) is 0 Å². The Morgan fingerprint density at radius 1 is 0.395 bits per heavy atom. The molecule has 0 aliphatic carbocycles. The Hall–Kier alpha value is -5.87. The minimum atomic E-state index is -0.926. The van der Waals surface area contributed by atoms with Gasteiger partial charge < -0.3 is 4.42 Å². The van der Waals surface area contributed by atoms with Crippen LogP contribution in [0.4, 0.5) is 0 Å². The summed E-state index contributed by atoms with van der Waals surface area (Å²) in [6.07, 6.45) is 0. The summed E-state index contributed by atoms with van der Waals surface area (Å²) in [7, 11) is 0. The molecule has 200 valence electrons. The minimum Gasteiger partial charge on any atom is -0.456 e. The fourth-order valence-electron chi connectivity index (χ4n) is 4.86. The van der Waals surface area contributed by atoms with Crippen LogP contribution in [0.3, 0.4) is 0 Å². The molecule has 0 unspecified atom stereocenters. The molecule has 0 aliphatic heterocycles. The van der Waals surface area contributed by atoms with Gasteiger partial charge >= 0.3 is 0 Å². The minimum absolute atomic E-state index is 0.395. The van der Waals surface area contributed by atoms with Crippen LogP contribution in [0.5, 0.6) is 0 Å². The molecule has 0 spiro atoms. The summed E-state index contributed by atoms with van der Waals surface area (Å²) < 4.78 is 207. The van der Waals surface area contributed by atoms with Crippen LogP contribution in [0.25, 0.3) is 88.4 Å². The van der Waals surface area contributed by atoms with Crippen molar-refractivity contribution in [1.82, 2.24) is 15.0 Å². The zero-order valence-electron chi connectivity index (χ0n) is 44.2. The van der Waals surface area contributed by atoms with E-state index in [0.717, 1.165) is 0 Å². The van der Waals surface area contributed by atoms with E-state index < -0.39 is 227 Å². The number of nitrogens with zero attached hydrogens (tertiary/aromatic N) is 3. The molecule has 9 rings (SSSR count). The Bertz CT molecular complexity index is 3790. The molecule has 0 aliphatic rings. The summed E-state index contributed by atoms with van der Waals surface area (Å²) in [5.41, 5.74) is -2.98. The smallest absolute Gasteiger partial charge is 0.164 e. The average molecular weight is 573 g/mol. The highest BCUT2D eigenvalue weighted by Crippen LogP contribution is 2.39. The van der Waals surface area contributed by atoms with Crippen LogP contribution in [0, 0.1) is 0 Å². The maximum absolute atomic E-state index is 9.33. The lowest BCUT2D eigenvalue weighted by molar-refractivity contribution is 0.669. The molecule has 0 bridgehead atoms. The summed E-state index contributed by atoms with van der Waals surface area (Å²) in [6.45, 7) is 0. The predicted octanol–water partition coefficient (Wildman–Crippen LogP) is 10.2. The highest BCUT2D eigenvalue weighted by atomic mass is 16.3. The molecule has 4 nitrogen and oxygen atoms in total. The normalized spacial score (nSPS) is 19.2. The van der Waals surface area contributed by atoms with Crippen LogP contribution in [0.2, 0.25) is 0 Å². The van der Waals surface area contributed by atoms with Gasteiger partial charge in [0, 0.05) is 27.5 Å². The lowest BCUT2D eigenvalue weighted by atomic mass is 9.94. The van der Waals surface area contributed by atoms with Gasteiger partial charge in [0.05, 0.1) is 31.5 Å². The number of furan rings is 1. The number of aromatic nitrogens is 3. The van der Waals surface area contributed by atoms with Crippen LogP contribution < -0.4 is 0 Å². The van der Waals surface area contributed by atoms with Crippen molar-refractivity contribution in [3.05, 3.63) is 139 Å². The van der Waals surface area contributed by atoms with Gasteiger partial charge in [-0.1, -0.05) is 127 Å². The van der Waals surface area contributed by atoms with Gasteiger partial charge in [0.25, 0.3) is 0 Å². The summed E-state index contributed by atoms with van der Waals surface area (Å²) in [5.74, 6) is -2.33. The second-order valence-corrected chi connectivity index (χ2v) is 9.07. The fourth-order valence-corrected chi connectivity index (χ4v) is 4.86. The van der Waals surface area contributed by atoms with E-state index in [2.05, 4.69) is 15.0 Å². The van der Waals surface area contributed by atoms with Crippen molar-refractivity contribution in [1.29, 1.82) is 0 Å². The summed E-state index contributed by atoms with van der Waals surface area (Å²) >= 11 is 0. The molecule has 0 N–H and O–H groups in total. The van der Waals surface area contributed by atoms with Gasteiger partial charge in [0.2, 0.25) is 0 Å². The first-order valence-electron chi connectivity index (χ1n) is 24.0. The molecule has 0 radical (unpaired) electrons. The summed E-state index contributed by atoms with van der Waals surface area (Å²) in [4.78, 5) is 13.3. The van der Waals surface area contributed by atoms with Crippen molar-refractivity contribution in [2.75, 3.05) is 0 Å². The maximum Gasteiger partial charge on any atom is 0.164 e. The standard InChI is InChI=1S/C39H23N3O/c1-2-11-26(12-3-1)37-40-38(42-39(41-37)32-17-9-19-34-36(32)31-14-6-7-18-33(31)43-34)30-16-8-15-29-28(30)23-22-25-21-20-24-10-4-5-13-27(24)35(25)29/h1-23H/i1D,2D,3D,4D,5D,6D,7D,8D,9D,10D,11D,12D,13D,14D,15D,16D,17D,18D,19D,20D,21D,22D,23D. The van der Waals surface area contributed by atoms with Crippen molar-refractivity contribution in [3.8, 4) is 34.2 Å². The Kier molecular flexibility index (Phi) is 2.27. The van der Waals surface area contributed by atoms with Crippen LogP contribution >= 0.6 is 0 Å². The Morgan fingerprint density at radius 3 is 1.93 bits per heavy atom. The van der Waals surface area contributed by atoms with Gasteiger partial charge in [-0.15, -0.1) is 0 Å². The third-order valence-electron chi connectivity index (χ3n) is 6.69. The third-order valence-corrected chi connectivity index (χ3v) is 6.69. The quantitative estimate of drug-likeness (QED) is 0.198. The van der Waals surface area contributed by atoms with E-state index in [1.54, 1.807) is 0 Å². The molecule has 0 atom stereocenters. The second-order valence-electron chi connectivity index (χ2n) is 9.07. The number of fused-ring (bicyclic) bond motifs is 8. The Labute approximate surface area is 279 Å². The van der Waals surface area contributed by atoms with Gasteiger partial charge in [-0.2, -0.15) is 0 Å². The van der Waals surface area contributed by atoms with Crippen LogP contribution in [-0.2, 0) is 0 Å². The topological polar surface area (TPSA) is 51.8 Å². The molecule has 0 amide bonds. The second kappa shape index (κ2) is 9.33. The Balaban J connectivity index is 1.56. The first-order chi connectivity index (χ1) is 30.9. The molecule has 0 saturated heterocycles. The third kappa shape index (κ3) is 3.74. The zero-order chi connectivity index (χ0) is 48.3. The lowest BCUT2D eigenvalue weighted by Crippen LogP contribution is -2.01. The number of rotatable bonds is 3. The van der Waals surface area contributed by atoms with E-state index in [9.17, 15) is 5.48 Å². The van der Waals surface area contributed by atoms with E-state index in [4.69, 9.17) is 30.5 Å². The number of hydrogen-bond donors (Lipinski definition) is 0. The molecule has 43 heavy (non-hydrogen) atoms. The van der Waals surface area contributed by atoms with Crippen molar-refractivity contribution in [2.24, 2.45) is 0 Å². The number of benzene rings is 7. The van der Waals surface area contributed by atoms with Crippen molar-refractivity contribution < 1.29 is 35.9 Å². The number of para-hydroxylation sites is 1. The Morgan fingerprint density at radius 2 is 1.02 bits per heavy atom. The van der Waals surface area contributed by atoms with E-state index in [-0.39, 0.29) is 0 Å². The SMILES string of the molecule is [2H]c1c([2H])c([2H])c(-c2nc(-c3c([2H])c([2H])c([2H])c4c3c([2H])c([2H])c3c([2H])c([2H])c5c([2H])c([2H])c([2H])c([2H])c5c34)nc(-c3c([2H])c([2H])c([2H])c4oc5c([2H])c([2H])c([2H])c([2H])c5c34)n2)c([2H])c1[2H]. The fraction of sp³-hybridized carbons (Fsp3) is 0.